The summed E-state index contributed by atoms with van der Waals surface area (Å²) in [5.74, 6) is -0.136. The molecule has 0 radical (unpaired) electrons. The Morgan fingerprint density at radius 1 is 1.10 bits per heavy atom. The van der Waals surface area contributed by atoms with E-state index in [0.717, 1.165) is 24.3 Å². The van der Waals surface area contributed by atoms with Gasteiger partial charge in [-0.3, -0.25) is 0 Å². The summed E-state index contributed by atoms with van der Waals surface area (Å²) in [5, 5.41) is 0. The van der Waals surface area contributed by atoms with Gasteiger partial charge in [0.1, 0.15) is 0 Å². The second kappa shape index (κ2) is 5.73. The third-order valence-electron chi connectivity index (χ3n) is 3.14. The Bertz CT molecular complexity index is 548. The molecule has 0 atom stereocenters. The van der Waals surface area contributed by atoms with Gasteiger partial charge in [-0.05, 0) is 42.6 Å². The second-order valence-corrected chi connectivity index (χ2v) is 7.57. The predicted octanol–water partition coefficient (Wildman–Crippen LogP) is 2.85. The van der Waals surface area contributed by atoms with Crippen molar-refractivity contribution in [3.05, 3.63) is 29.8 Å². The van der Waals surface area contributed by atoms with E-state index in [1.165, 1.54) is 0 Å². The van der Waals surface area contributed by atoms with E-state index in [-0.39, 0.29) is 16.1 Å². The van der Waals surface area contributed by atoms with E-state index in [2.05, 4.69) is 0 Å². The highest BCUT2D eigenvalue weighted by Crippen LogP contribution is 2.30. The summed E-state index contributed by atoms with van der Waals surface area (Å²) in [5.41, 5.74) is 4.34. The lowest BCUT2D eigenvalue weighted by Gasteiger charge is -2.21. The Labute approximate surface area is 116 Å². The first-order valence-electron chi connectivity index (χ1n) is 6.08. The van der Waals surface area contributed by atoms with Crippen LogP contribution < -0.4 is 5.73 Å². The molecular weight excluding hydrogens is 291 g/mol. The standard InChI is InChI=1S/C13H18F3NO2S/c1-12(2,9-17)7-8-20(18,19)11-5-3-10(4-6-11)13(14,15)16/h3-6H,7-9,17H2,1-2H3. The number of benzene rings is 1. The molecule has 114 valence electrons. The molecule has 0 unspecified atom stereocenters. The lowest BCUT2D eigenvalue weighted by atomic mass is 9.91. The molecule has 1 aromatic rings. The topological polar surface area (TPSA) is 60.2 Å². The average Bonchev–Trinajstić information content (AvgIpc) is 2.36. The summed E-state index contributed by atoms with van der Waals surface area (Å²) < 4.78 is 61.3. The van der Waals surface area contributed by atoms with Gasteiger partial charge >= 0.3 is 6.18 Å². The minimum atomic E-state index is -4.47. The van der Waals surface area contributed by atoms with Crippen molar-refractivity contribution in [2.45, 2.75) is 31.3 Å². The van der Waals surface area contributed by atoms with Crippen molar-refractivity contribution in [1.29, 1.82) is 0 Å². The first-order chi connectivity index (χ1) is 8.98. The molecule has 0 aliphatic rings. The first-order valence-corrected chi connectivity index (χ1v) is 7.73. The van der Waals surface area contributed by atoms with Crippen LogP contribution >= 0.6 is 0 Å². The Morgan fingerprint density at radius 2 is 1.60 bits per heavy atom. The summed E-state index contributed by atoms with van der Waals surface area (Å²) in [7, 11) is -3.59. The van der Waals surface area contributed by atoms with E-state index in [1.54, 1.807) is 0 Å². The molecule has 2 N–H and O–H groups in total. The van der Waals surface area contributed by atoms with E-state index in [4.69, 9.17) is 5.73 Å². The first kappa shape index (κ1) is 17.0. The lowest BCUT2D eigenvalue weighted by Crippen LogP contribution is -2.26. The summed E-state index contributed by atoms with van der Waals surface area (Å²) in [4.78, 5) is -0.0988. The Hall–Kier alpha value is -1.08. The maximum atomic E-state index is 12.4. The molecule has 0 aliphatic heterocycles. The molecule has 0 fully saturated rings. The number of nitrogens with two attached hydrogens (primary N) is 1. The number of sulfone groups is 1. The molecule has 20 heavy (non-hydrogen) atoms. The number of hydrogen-bond donors (Lipinski definition) is 1. The Morgan fingerprint density at radius 3 is 2.00 bits per heavy atom. The molecular formula is C13H18F3NO2S. The van der Waals surface area contributed by atoms with Gasteiger partial charge in [0.2, 0.25) is 0 Å². The van der Waals surface area contributed by atoms with Gasteiger partial charge in [0.05, 0.1) is 16.2 Å². The van der Waals surface area contributed by atoms with Crippen LogP contribution in [0.3, 0.4) is 0 Å². The number of alkyl halides is 3. The molecule has 3 nitrogen and oxygen atoms in total. The summed E-state index contributed by atoms with van der Waals surface area (Å²) in [6.07, 6.45) is -4.11. The fourth-order valence-corrected chi connectivity index (χ4v) is 3.09. The third-order valence-corrected chi connectivity index (χ3v) is 4.87. The van der Waals surface area contributed by atoms with E-state index in [1.807, 2.05) is 13.8 Å². The molecule has 0 saturated heterocycles. The van der Waals surface area contributed by atoms with Crippen molar-refractivity contribution in [2.24, 2.45) is 11.1 Å². The zero-order valence-corrected chi connectivity index (χ0v) is 12.2. The minimum Gasteiger partial charge on any atom is -0.330 e. The molecule has 0 heterocycles. The Kier molecular flexibility index (Phi) is 4.86. The number of hydrogen-bond acceptors (Lipinski definition) is 3. The quantitative estimate of drug-likeness (QED) is 0.910. The number of rotatable bonds is 5. The highest BCUT2D eigenvalue weighted by atomic mass is 32.2. The van der Waals surface area contributed by atoms with Crippen molar-refractivity contribution in [2.75, 3.05) is 12.3 Å². The van der Waals surface area contributed by atoms with Crippen LogP contribution in [0.1, 0.15) is 25.8 Å². The number of halogens is 3. The molecule has 0 amide bonds. The van der Waals surface area contributed by atoms with Gasteiger partial charge in [-0.2, -0.15) is 13.2 Å². The fraction of sp³-hybridized carbons (Fsp3) is 0.538. The van der Waals surface area contributed by atoms with Gasteiger partial charge < -0.3 is 5.73 Å². The highest BCUT2D eigenvalue weighted by molar-refractivity contribution is 7.91. The van der Waals surface area contributed by atoms with Crippen LogP contribution in [0.5, 0.6) is 0 Å². The van der Waals surface area contributed by atoms with E-state index in [9.17, 15) is 21.6 Å². The normalized spacial score (nSPS) is 13.5. The van der Waals surface area contributed by atoms with E-state index >= 15 is 0 Å². The molecule has 0 saturated carbocycles. The molecule has 1 aromatic carbocycles. The van der Waals surface area contributed by atoms with Crippen LogP contribution in [-0.4, -0.2) is 20.7 Å². The van der Waals surface area contributed by atoms with Gasteiger partial charge in [0.25, 0.3) is 0 Å². The molecule has 0 spiro atoms. The second-order valence-electron chi connectivity index (χ2n) is 5.46. The van der Waals surface area contributed by atoms with Gasteiger partial charge in [-0.1, -0.05) is 13.8 Å². The van der Waals surface area contributed by atoms with Crippen molar-refractivity contribution in [3.8, 4) is 0 Å². The summed E-state index contributed by atoms with van der Waals surface area (Å²) in [6, 6.07) is 3.54. The van der Waals surface area contributed by atoms with Crippen molar-refractivity contribution in [3.63, 3.8) is 0 Å². The Balaban J connectivity index is 2.89. The van der Waals surface area contributed by atoms with Crippen LogP contribution in [0.4, 0.5) is 13.2 Å². The van der Waals surface area contributed by atoms with Crippen LogP contribution in [0, 0.1) is 5.41 Å². The molecule has 1 rings (SSSR count). The monoisotopic (exact) mass is 309 g/mol. The van der Waals surface area contributed by atoms with Crippen molar-refractivity contribution in [1.82, 2.24) is 0 Å². The molecule has 0 aliphatic carbocycles. The average molecular weight is 309 g/mol. The minimum absolute atomic E-state index is 0.0988. The van der Waals surface area contributed by atoms with Crippen molar-refractivity contribution < 1.29 is 21.6 Å². The van der Waals surface area contributed by atoms with Crippen LogP contribution in [0.25, 0.3) is 0 Å². The summed E-state index contributed by atoms with van der Waals surface area (Å²) in [6.45, 7) is 4.03. The summed E-state index contributed by atoms with van der Waals surface area (Å²) >= 11 is 0. The maximum Gasteiger partial charge on any atom is 0.416 e. The van der Waals surface area contributed by atoms with E-state index < -0.39 is 21.6 Å². The molecule has 7 heteroatoms. The molecule has 0 aromatic heterocycles. The van der Waals surface area contributed by atoms with Crippen LogP contribution in [0.2, 0.25) is 0 Å². The largest absolute Gasteiger partial charge is 0.416 e. The predicted molar refractivity (Wildman–Crippen MR) is 70.9 cm³/mol. The van der Waals surface area contributed by atoms with Gasteiger partial charge in [-0.15, -0.1) is 0 Å². The smallest absolute Gasteiger partial charge is 0.330 e. The molecule has 0 bridgehead atoms. The van der Waals surface area contributed by atoms with Crippen LogP contribution in [0.15, 0.2) is 29.2 Å². The van der Waals surface area contributed by atoms with Crippen molar-refractivity contribution >= 4 is 9.84 Å². The maximum absolute atomic E-state index is 12.4. The van der Waals surface area contributed by atoms with Gasteiger partial charge in [-0.25, -0.2) is 8.42 Å². The SMILES string of the molecule is CC(C)(CN)CCS(=O)(=O)c1ccc(C(F)(F)F)cc1. The third kappa shape index (κ3) is 4.49. The van der Waals surface area contributed by atoms with E-state index in [0.29, 0.717) is 13.0 Å². The zero-order valence-electron chi connectivity index (χ0n) is 11.4. The van der Waals surface area contributed by atoms with Gasteiger partial charge in [0.15, 0.2) is 9.84 Å². The fourth-order valence-electron chi connectivity index (χ4n) is 1.48. The highest BCUT2D eigenvalue weighted by Gasteiger charge is 2.30. The lowest BCUT2D eigenvalue weighted by molar-refractivity contribution is -0.137. The van der Waals surface area contributed by atoms with Gasteiger partial charge in [0, 0.05) is 0 Å². The zero-order chi connectivity index (χ0) is 15.6. The van der Waals surface area contributed by atoms with Crippen LogP contribution in [-0.2, 0) is 16.0 Å².